The van der Waals surface area contributed by atoms with Crippen molar-refractivity contribution in [3.05, 3.63) is 58.1 Å². The van der Waals surface area contributed by atoms with Gasteiger partial charge >= 0.3 is 6.18 Å². The van der Waals surface area contributed by atoms with Gasteiger partial charge in [-0.1, -0.05) is 30.3 Å². The van der Waals surface area contributed by atoms with Crippen molar-refractivity contribution in [3.8, 4) is 22.5 Å². The molecule has 0 amide bonds. The summed E-state index contributed by atoms with van der Waals surface area (Å²) in [5, 5.41) is 19.3. The largest absolute Gasteiger partial charge is 0.416 e. The standard InChI is InChI=1S/C16H11F3N4O2S/c1-22-14(20-21-15(22)26)13-11(9-5-3-2-4-6-9)7-10(16(17,18)19)8-12(13)23(24)25/h2-8H,1H3,(H,21,26). The smallest absolute Gasteiger partial charge is 0.305 e. The van der Waals surface area contributed by atoms with E-state index < -0.39 is 22.4 Å². The van der Waals surface area contributed by atoms with Gasteiger partial charge in [0.05, 0.1) is 10.5 Å². The molecule has 26 heavy (non-hydrogen) atoms. The predicted molar refractivity (Wildman–Crippen MR) is 90.8 cm³/mol. The summed E-state index contributed by atoms with van der Waals surface area (Å²) in [5.74, 6) is 0.0503. The molecule has 0 radical (unpaired) electrons. The Hall–Kier alpha value is -2.88. The number of nitro benzene ring substituents is 1. The number of halogens is 3. The Bertz CT molecular complexity index is 987. The zero-order valence-electron chi connectivity index (χ0n) is 13.2. The molecule has 0 aliphatic heterocycles. The summed E-state index contributed by atoms with van der Waals surface area (Å²) in [4.78, 5) is 10.7. The third-order valence-corrected chi connectivity index (χ3v) is 4.19. The van der Waals surface area contributed by atoms with Crippen molar-refractivity contribution in [1.82, 2.24) is 14.8 Å². The van der Waals surface area contributed by atoms with Crippen molar-refractivity contribution >= 4 is 18.3 Å². The second kappa shape index (κ2) is 6.45. The van der Waals surface area contributed by atoms with Crippen LogP contribution in [0.25, 0.3) is 22.5 Å². The number of thiol groups is 1. The summed E-state index contributed by atoms with van der Waals surface area (Å²) in [5.41, 5.74) is -1.44. The fourth-order valence-electron chi connectivity index (χ4n) is 2.55. The Balaban J connectivity index is 2.44. The highest BCUT2D eigenvalue weighted by Crippen LogP contribution is 2.43. The van der Waals surface area contributed by atoms with Crippen LogP contribution in [-0.2, 0) is 13.2 Å². The van der Waals surface area contributed by atoms with Gasteiger partial charge in [0.2, 0.25) is 0 Å². The Labute approximate surface area is 150 Å². The molecule has 3 rings (SSSR count). The molecule has 0 aliphatic rings. The first-order valence-corrected chi connectivity index (χ1v) is 7.68. The molecule has 3 aromatic rings. The monoisotopic (exact) mass is 380 g/mol. The van der Waals surface area contributed by atoms with E-state index in [0.717, 1.165) is 6.07 Å². The number of nitro groups is 1. The van der Waals surface area contributed by atoms with Crippen LogP contribution in [0.2, 0.25) is 0 Å². The van der Waals surface area contributed by atoms with Gasteiger partial charge < -0.3 is 4.57 Å². The molecule has 1 aromatic heterocycles. The Morgan fingerprint density at radius 1 is 1.15 bits per heavy atom. The number of aromatic nitrogens is 3. The lowest BCUT2D eigenvalue weighted by Crippen LogP contribution is -2.08. The molecule has 0 bridgehead atoms. The molecular formula is C16H11F3N4O2S. The van der Waals surface area contributed by atoms with E-state index in [9.17, 15) is 23.3 Å². The number of nitrogens with zero attached hydrogens (tertiary/aromatic N) is 4. The molecule has 2 aromatic carbocycles. The number of alkyl halides is 3. The van der Waals surface area contributed by atoms with Crippen LogP contribution in [0, 0.1) is 10.1 Å². The molecule has 0 spiro atoms. The second-order valence-electron chi connectivity index (χ2n) is 5.42. The van der Waals surface area contributed by atoms with Crippen LogP contribution in [0.1, 0.15) is 5.56 Å². The lowest BCUT2D eigenvalue weighted by molar-refractivity contribution is -0.384. The maximum absolute atomic E-state index is 13.3. The molecular weight excluding hydrogens is 369 g/mol. The van der Waals surface area contributed by atoms with Crippen LogP contribution in [0.15, 0.2) is 47.6 Å². The Morgan fingerprint density at radius 3 is 2.31 bits per heavy atom. The molecule has 10 heteroatoms. The molecule has 134 valence electrons. The van der Waals surface area contributed by atoms with E-state index in [1.165, 1.54) is 11.6 Å². The minimum Gasteiger partial charge on any atom is -0.305 e. The Kier molecular flexibility index (Phi) is 4.45. The molecule has 0 saturated heterocycles. The van der Waals surface area contributed by atoms with E-state index in [1.54, 1.807) is 30.3 Å². The lowest BCUT2D eigenvalue weighted by atomic mass is 9.94. The summed E-state index contributed by atoms with van der Waals surface area (Å²) in [7, 11) is 1.52. The van der Waals surface area contributed by atoms with E-state index in [2.05, 4.69) is 22.8 Å². The minimum atomic E-state index is -4.73. The van der Waals surface area contributed by atoms with Gasteiger partial charge in [0, 0.05) is 18.7 Å². The molecule has 1 heterocycles. The third kappa shape index (κ3) is 3.15. The van der Waals surface area contributed by atoms with Crippen molar-refractivity contribution in [3.63, 3.8) is 0 Å². The molecule has 0 unspecified atom stereocenters. The quantitative estimate of drug-likeness (QED) is 0.416. The highest BCUT2D eigenvalue weighted by molar-refractivity contribution is 7.80. The molecule has 0 saturated carbocycles. The summed E-state index contributed by atoms with van der Waals surface area (Å²) in [6.45, 7) is 0. The third-order valence-electron chi connectivity index (χ3n) is 3.80. The summed E-state index contributed by atoms with van der Waals surface area (Å²) in [6.07, 6.45) is -4.73. The van der Waals surface area contributed by atoms with E-state index in [4.69, 9.17) is 0 Å². The van der Waals surface area contributed by atoms with Crippen molar-refractivity contribution < 1.29 is 18.1 Å². The van der Waals surface area contributed by atoms with Gasteiger partial charge in [-0.05, 0) is 11.6 Å². The zero-order chi connectivity index (χ0) is 19.1. The zero-order valence-corrected chi connectivity index (χ0v) is 14.1. The topological polar surface area (TPSA) is 73.8 Å². The number of benzene rings is 2. The van der Waals surface area contributed by atoms with Gasteiger partial charge in [-0.25, -0.2) is 0 Å². The molecule has 0 N–H and O–H groups in total. The molecule has 0 atom stereocenters. The fourth-order valence-corrected chi connectivity index (χ4v) is 2.69. The number of hydrogen-bond acceptors (Lipinski definition) is 5. The maximum atomic E-state index is 13.3. The first-order valence-electron chi connectivity index (χ1n) is 7.24. The van der Waals surface area contributed by atoms with Gasteiger partial charge in [-0.3, -0.25) is 10.1 Å². The van der Waals surface area contributed by atoms with Crippen LogP contribution < -0.4 is 0 Å². The predicted octanol–water partition coefficient (Wildman–Crippen LogP) is 4.36. The van der Waals surface area contributed by atoms with Gasteiger partial charge in [-0.2, -0.15) is 13.2 Å². The average molecular weight is 380 g/mol. The lowest BCUT2D eigenvalue weighted by Gasteiger charge is -2.14. The summed E-state index contributed by atoms with van der Waals surface area (Å²) >= 11 is 4.08. The van der Waals surface area contributed by atoms with Gasteiger partial charge in [-0.15, -0.1) is 22.8 Å². The molecule has 0 aliphatic carbocycles. The van der Waals surface area contributed by atoms with Crippen LogP contribution in [0.3, 0.4) is 0 Å². The first kappa shape index (κ1) is 17.9. The van der Waals surface area contributed by atoms with Gasteiger partial charge in [0.1, 0.15) is 5.56 Å². The van der Waals surface area contributed by atoms with Crippen molar-refractivity contribution in [2.75, 3.05) is 0 Å². The van der Waals surface area contributed by atoms with Crippen LogP contribution in [0.4, 0.5) is 18.9 Å². The first-order chi connectivity index (χ1) is 12.2. The Morgan fingerprint density at radius 2 is 1.81 bits per heavy atom. The number of hydrogen-bond donors (Lipinski definition) is 1. The highest BCUT2D eigenvalue weighted by atomic mass is 32.1. The van der Waals surface area contributed by atoms with E-state index in [1.807, 2.05) is 0 Å². The van der Waals surface area contributed by atoms with Crippen molar-refractivity contribution in [2.45, 2.75) is 11.3 Å². The van der Waals surface area contributed by atoms with E-state index in [-0.39, 0.29) is 22.1 Å². The summed E-state index contributed by atoms with van der Waals surface area (Å²) < 4.78 is 41.2. The van der Waals surface area contributed by atoms with Crippen LogP contribution in [-0.4, -0.2) is 19.7 Å². The highest BCUT2D eigenvalue weighted by Gasteiger charge is 2.36. The minimum absolute atomic E-state index is 0.0379. The van der Waals surface area contributed by atoms with Gasteiger partial charge in [0.25, 0.3) is 5.69 Å². The van der Waals surface area contributed by atoms with Crippen LogP contribution >= 0.6 is 12.6 Å². The van der Waals surface area contributed by atoms with Crippen LogP contribution in [0.5, 0.6) is 0 Å². The van der Waals surface area contributed by atoms with Crippen molar-refractivity contribution in [2.24, 2.45) is 7.05 Å². The maximum Gasteiger partial charge on any atom is 0.416 e. The number of rotatable bonds is 3. The SMILES string of the molecule is Cn1c(S)nnc1-c1c(-c2ccccc2)cc(C(F)(F)F)cc1[N+](=O)[O-]. The average Bonchev–Trinajstić information content (AvgIpc) is 2.92. The fraction of sp³-hybridized carbons (Fsp3) is 0.125. The van der Waals surface area contributed by atoms with Crippen molar-refractivity contribution in [1.29, 1.82) is 0 Å². The van der Waals surface area contributed by atoms with Gasteiger partial charge in [0.15, 0.2) is 11.0 Å². The second-order valence-corrected chi connectivity index (χ2v) is 5.82. The molecule has 0 fully saturated rings. The summed E-state index contributed by atoms with van der Waals surface area (Å²) in [6, 6.07) is 9.48. The normalized spacial score (nSPS) is 11.6. The van der Waals surface area contributed by atoms with E-state index >= 15 is 0 Å². The van der Waals surface area contributed by atoms with E-state index in [0.29, 0.717) is 11.6 Å². The molecule has 6 nitrogen and oxygen atoms in total.